The second-order valence-corrected chi connectivity index (χ2v) is 7.37. The van der Waals surface area contributed by atoms with Gasteiger partial charge in [0.1, 0.15) is 23.6 Å². The molecule has 0 bridgehead atoms. The van der Waals surface area contributed by atoms with Gasteiger partial charge < -0.3 is 9.47 Å². The van der Waals surface area contributed by atoms with Gasteiger partial charge >= 0.3 is 5.79 Å². The maximum Gasteiger partial charge on any atom is 0.343 e. The number of rotatable bonds is 4. The van der Waals surface area contributed by atoms with Crippen molar-refractivity contribution < 1.29 is 19.3 Å². The van der Waals surface area contributed by atoms with Crippen LogP contribution in [0.5, 0.6) is 11.5 Å². The molecule has 0 saturated carbocycles. The van der Waals surface area contributed by atoms with Gasteiger partial charge in [0.05, 0.1) is 9.85 Å². The number of fused-ring (bicyclic) bond motifs is 1. The minimum atomic E-state index is -1.57. The summed E-state index contributed by atoms with van der Waals surface area (Å²) >= 11 is 0.910. The van der Waals surface area contributed by atoms with E-state index in [2.05, 4.69) is 8.80 Å². The summed E-state index contributed by atoms with van der Waals surface area (Å²) in [6, 6.07) is 18.8. The highest BCUT2D eigenvalue weighted by molar-refractivity contribution is 7.97. The van der Waals surface area contributed by atoms with Crippen molar-refractivity contribution in [3.63, 3.8) is 0 Å². The first-order valence-electron chi connectivity index (χ1n) is 9.28. The van der Waals surface area contributed by atoms with E-state index in [-0.39, 0.29) is 11.4 Å². The molecule has 3 aromatic rings. The van der Waals surface area contributed by atoms with Crippen molar-refractivity contribution in [1.29, 1.82) is 0 Å². The van der Waals surface area contributed by atoms with Gasteiger partial charge in [0.15, 0.2) is 11.5 Å². The number of non-ortho nitro benzene ring substituents is 2. The Bertz CT molecular complexity index is 1200. The van der Waals surface area contributed by atoms with Gasteiger partial charge in [-0.3, -0.25) is 20.2 Å². The maximum absolute atomic E-state index is 11.1. The number of nitrogens with zero attached hydrogens (tertiary/aromatic N) is 4. The van der Waals surface area contributed by atoms with E-state index >= 15 is 0 Å². The van der Waals surface area contributed by atoms with E-state index in [1.165, 1.54) is 24.3 Å². The fourth-order valence-electron chi connectivity index (χ4n) is 3.44. The lowest BCUT2D eigenvalue weighted by atomic mass is 9.93. The molecule has 0 radical (unpaired) electrons. The highest BCUT2D eigenvalue weighted by atomic mass is 32.2. The van der Waals surface area contributed by atoms with Gasteiger partial charge in [-0.05, 0) is 36.4 Å². The molecule has 0 aliphatic carbocycles. The molecular weight excluding hydrogens is 436 g/mol. The summed E-state index contributed by atoms with van der Waals surface area (Å²) in [6.45, 7) is 0. The van der Waals surface area contributed by atoms with Crippen LogP contribution in [0.2, 0.25) is 0 Å². The molecule has 0 atom stereocenters. The molecule has 0 fully saturated rings. The third-order valence-corrected chi connectivity index (χ3v) is 5.48. The van der Waals surface area contributed by atoms with Gasteiger partial charge in [-0.2, -0.15) is 8.80 Å². The summed E-state index contributed by atoms with van der Waals surface area (Å²) < 4.78 is 21.4. The minimum Gasteiger partial charge on any atom is -0.438 e. The van der Waals surface area contributed by atoms with Crippen LogP contribution in [0.25, 0.3) is 0 Å². The van der Waals surface area contributed by atoms with E-state index in [4.69, 9.17) is 9.47 Å². The van der Waals surface area contributed by atoms with Crippen molar-refractivity contribution in [3.8, 4) is 11.5 Å². The van der Waals surface area contributed by atoms with Crippen molar-refractivity contribution in [2.75, 3.05) is 0 Å². The quantitative estimate of drug-likeness (QED) is 0.326. The van der Waals surface area contributed by atoms with Crippen LogP contribution in [-0.2, 0) is 0 Å². The van der Waals surface area contributed by atoms with Crippen molar-refractivity contribution in [1.82, 2.24) is 0 Å². The summed E-state index contributed by atoms with van der Waals surface area (Å²) in [6.07, 6.45) is 0. The summed E-state index contributed by atoms with van der Waals surface area (Å²) in [7, 11) is 0. The van der Waals surface area contributed by atoms with E-state index in [1.807, 2.05) is 0 Å². The zero-order chi connectivity index (χ0) is 22.3. The third kappa shape index (κ3) is 3.15. The lowest BCUT2D eigenvalue weighted by molar-refractivity contribution is -0.385. The summed E-state index contributed by atoms with van der Waals surface area (Å²) in [5.41, 5.74) is 1.68. The van der Waals surface area contributed by atoms with Gasteiger partial charge in [0, 0.05) is 35.4 Å². The topological polar surface area (TPSA) is 129 Å². The molecular formula is C21H12N4O6S. The fraction of sp³-hybridized carbons (Fsp3) is 0.0476. The molecule has 32 heavy (non-hydrogen) atoms. The highest BCUT2D eigenvalue weighted by Gasteiger charge is 2.54. The fourth-order valence-corrected chi connectivity index (χ4v) is 4.10. The normalized spacial score (nSPS) is 15.8. The van der Waals surface area contributed by atoms with Gasteiger partial charge in [-0.25, -0.2) is 0 Å². The zero-order valence-corrected chi connectivity index (χ0v) is 16.9. The Morgan fingerprint density at radius 3 is 1.47 bits per heavy atom. The van der Waals surface area contributed by atoms with Crippen molar-refractivity contribution in [2.45, 2.75) is 5.79 Å². The van der Waals surface area contributed by atoms with Crippen LogP contribution in [0, 0.1) is 20.2 Å². The Labute approximate surface area is 184 Å². The SMILES string of the molecule is O=[N+]([O-])c1ccc(C2=NSN=C(c3ccc([N+](=O)[O-])cc3)C23Oc2ccccc2O3)cc1. The monoisotopic (exact) mass is 448 g/mol. The number of para-hydroxylation sites is 2. The predicted molar refractivity (Wildman–Crippen MR) is 117 cm³/mol. The Morgan fingerprint density at radius 1 is 0.688 bits per heavy atom. The molecule has 0 N–H and O–H groups in total. The molecule has 3 aromatic carbocycles. The largest absolute Gasteiger partial charge is 0.438 e. The highest BCUT2D eigenvalue weighted by Crippen LogP contribution is 2.45. The van der Waals surface area contributed by atoms with Crippen molar-refractivity contribution >= 4 is 34.9 Å². The van der Waals surface area contributed by atoms with Gasteiger partial charge in [0.25, 0.3) is 11.4 Å². The number of hydrogen-bond acceptors (Lipinski definition) is 9. The van der Waals surface area contributed by atoms with E-state index in [9.17, 15) is 20.2 Å². The third-order valence-electron chi connectivity index (χ3n) is 4.95. The number of hydrogen-bond donors (Lipinski definition) is 0. The van der Waals surface area contributed by atoms with Crippen LogP contribution in [0.4, 0.5) is 11.4 Å². The second kappa shape index (κ2) is 7.46. The summed E-state index contributed by atoms with van der Waals surface area (Å²) in [4.78, 5) is 21.1. The van der Waals surface area contributed by atoms with E-state index in [1.54, 1.807) is 48.5 Å². The molecule has 0 unspecified atom stereocenters. The molecule has 10 nitrogen and oxygen atoms in total. The first-order valence-corrected chi connectivity index (χ1v) is 10.0. The van der Waals surface area contributed by atoms with Crippen molar-refractivity contribution in [3.05, 3.63) is 104 Å². The van der Waals surface area contributed by atoms with Crippen LogP contribution in [0.1, 0.15) is 11.1 Å². The van der Waals surface area contributed by atoms with Crippen molar-refractivity contribution in [2.24, 2.45) is 8.80 Å². The zero-order valence-electron chi connectivity index (χ0n) is 16.1. The second-order valence-electron chi connectivity index (χ2n) is 6.84. The minimum absolute atomic E-state index is 0.0623. The van der Waals surface area contributed by atoms with Crippen LogP contribution in [-0.4, -0.2) is 27.1 Å². The predicted octanol–water partition coefficient (Wildman–Crippen LogP) is 4.53. The molecule has 0 aromatic heterocycles. The molecule has 2 aliphatic rings. The Hall–Kier alpha value is -4.25. The van der Waals surface area contributed by atoms with E-state index in [0.717, 1.165) is 12.1 Å². The number of nitro benzene ring substituents is 2. The van der Waals surface area contributed by atoms with Crippen LogP contribution >= 0.6 is 12.1 Å². The van der Waals surface area contributed by atoms with Gasteiger partial charge in [-0.15, -0.1) is 0 Å². The molecule has 2 aliphatic heterocycles. The average Bonchev–Trinajstić information content (AvgIpc) is 3.18. The van der Waals surface area contributed by atoms with Crippen LogP contribution < -0.4 is 9.47 Å². The molecule has 1 spiro atoms. The molecule has 0 saturated heterocycles. The van der Waals surface area contributed by atoms with Crippen LogP contribution in [0.15, 0.2) is 81.6 Å². The average molecular weight is 448 g/mol. The number of benzene rings is 3. The molecule has 5 rings (SSSR count). The Balaban J connectivity index is 1.62. The Kier molecular flexibility index (Phi) is 4.59. The van der Waals surface area contributed by atoms with Crippen LogP contribution in [0.3, 0.4) is 0 Å². The smallest absolute Gasteiger partial charge is 0.343 e. The molecule has 158 valence electrons. The molecule has 11 heteroatoms. The first-order chi connectivity index (χ1) is 15.5. The lowest BCUT2D eigenvalue weighted by Gasteiger charge is -2.32. The molecule has 2 heterocycles. The summed E-state index contributed by atoms with van der Waals surface area (Å²) in [5, 5.41) is 22.1. The van der Waals surface area contributed by atoms with E-state index in [0.29, 0.717) is 34.0 Å². The number of ether oxygens (including phenoxy) is 2. The van der Waals surface area contributed by atoms with Gasteiger partial charge in [-0.1, -0.05) is 12.1 Å². The van der Waals surface area contributed by atoms with Gasteiger partial charge in [0.2, 0.25) is 0 Å². The lowest BCUT2D eigenvalue weighted by Crippen LogP contribution is -2.55. The summed E-state index contributed by atoms with van der Waals surface area (Å²) in [5.74, 6) is -0.617. The maximum atomic E-state index is 11.1. The Morgan fingerprint density at radius 2 is 1.09 bits per heavy atom. The molecule has 0 amide bonds. The van der Waals surface area contributed by atoms with E-state index < -0.39 is 15.6 Å². The first kappa shape index (κ1) is 19.7. The number of nitro groups is 2. The standard InChI is InChI=1S/C21H12N4O6S/c26-24(27)15-9-5-13(6-10-15)19-21(30-17-3-1-2-4-18(17)31-21)20(23-32-22-19)14-7-11-16(12-8-14)25(28)29/h1-12H.